The molecule has 2 nitrogen and oxygen atoms in total. The summed E-state index contributed by atoms with van der Waals surface area (Å²) in [6.07, 6.45) is 3.52. The summed E-state index contributed by atoms with van der Waals surface area (Å²) in [5.41, 5.74) is 2.03. The van der Waals surface area contributed by atoms with E-state index in [-0.39, 0.29) is 0 Å². The molecule has 0 spiro atoms. The summed E-state index contributed by atoms with van der Waals surface area (Å²) in [6.45, 7) is 0. The number of hydrogen-bond acceptors (Lipinski definition) is 3. The number of halogens is 1. The van der Waals surface area contributed by atoms with Crippen LogP contribution in [0.25, 0.3) is 10.1 Å². The van der Waals surface area contributed by atoms with Gasteiger partial charge in [0.2, 0.25) is 0 Å². The van der Waals surface area contributed by atoms with Crippen molar-refractivity contribution in [3.63, 3.8) is 0 Å². The fourth-order valence-electron chi connectivity index (χ4n) is 2.13. The molecule has 1 unspecified atom stereocenters. The minimum absolute atomic E-state index is 0.525. The molecule has 0 aliphatic rings. The highest BCUT2D eigenvalue weighted by molar-refractivity contribution is 9.10. The Hall–Kier alpha value is -1.23. The van der Waals surface area contributed by atoms with Crippen LogP contribution in [0.1, 0.15) is 17.2 Å². The summed E-state index contributed by atoms with van der Waals surface area (Å²) in [4.78, 5) is 4.09. The van der Waals surface area contributed by atoms with Crippen LogP contribution >= 0.6 is 27.3 Å². The van der Waals surface area contributed by atoms with Crippen LogP contribution in [0.5, 0.6) is 0 Å². The quantitative estimate of drug-likeness (QED) is 0.773. The standard InChI is InChI=1S/C15H12BrNOS/c16-12-5-10(7-17-8-12)14(18)6-11-9-19-15-4-2-1-3-13(11)15/h1-5,7-9,14,18H,6H2. The number of pyridine rings is 1. The van der Waals surface area contributed by atoms with E-state index in [1.54, 1.807) is 23.7 Å². The number of fused-ring (bicyclic) bond motifs is 1. The number of benzene rings is 1. The van der Waals surface area contributed by atoms with Gasteiger partial charge in [0, 0.05) is 33.6 Å². The van der Waals surface area contributed by atoms with Crippen LogP contribution in [0.2, 0.25) is 0 Å². The molecule has 0 saturated heterocycles. The molecule has 96 valence electrons. The minimum Gasteiger partial charge on any atom is -0.388 e. The van der Waals surface area contributed by atoms with Crippen molar-refractivity contribution in [2.75, 3.05) is 0 Å². The summed E-state index contributed by atoms with van der Waals surface area (Å²) in [5, 5.41) is 13.7. The Morgan fingerprint density at radius 1 is 1.26 bits per heavy atom. The first-order valence-corrected chi connectivity index (χ1v) is 7.65. The molecular formula is C15H12BrNOS. The van der Waals surface area contributed by atoms with E-state index in [0.29, 0.717) is 6.42 Å². The molecule has 0 fully saturated rings. The summed E-state index contributed by atoms with van der Waals surface area (Å²) in [7, 11) is 0. The lowest BCUT2D eigenvalue weighted by molar-refractivity contribution is 0.178. The summed E-state index contributed by atoms with van der Waals surface area (Å²) < 4.78 is 2.15. The first-order valence-electron chi connectivity index (χ1n) is 5.97. The van der Waals surface area contributed by atoms with Crippen LogP contribution in [0.4, 0.5) is 0 Å². The third-order valence-electron chi connectivity index (χ3n) is 3.09. The molecule has 0 bridgehead atoms. The Kier molecular flexibility index (Phi) is 3.64. The van der Waals surface area contributed by atoms with Gasteiger partial charge in [0.25, 0.3) is 0 Å². The van der Waals surface area contributed by atoms with Gasteiger partial charge in [0.1, 0.15) is 0 Å². The van der Waals surface area contributed by atoms with Gasteiger partial charge in [0.15, 0.2) is 0 Å². The molecule has 3 rings (SSSR count). The highest BCUT2D eigenvalue weighted by Gasteiger charge is 2.12. The molecule has 2 heterocycles. The lowest BCUT2D eigenvalue weighted by Crippen LogP contribution is -2.01. The van der Waals surface area contributed by atoms with Gasteiger partial charge in [-0.1, -0.05) is 18.2 Å². The second-order valence-electron chi connectivity index (χ2n) is 4.41. The molecule has 4 heteroatoms. The van der Waals surface area contributed by atoms with Gasteiger partial charge in [-0.15, -0.1) is 11.3 Å². The molecule has 0 aliphatic carbocycles. The highest BCUT2D eigenvalue weighted by atomic mass is 79.9. The van der Waals surface area contributed by atoms with Crippen LogP contribution in [-0.2, 0) is 6.42 Å². The lowest BCUT2D eigenvalue weighted by Gasteiger charge is -2.10. The van der Waals surface area contributed by atoms with E-state index in [4.69, 9.17) is 0 Å². The fraction of sp³-hybridized carbons (Fsp3) is 0.133. The zero-order valence-electron chi connectivity index (χ0n) is 10.1. The molecule has 0 amide bonds. The van der Waals surface area contributed by atoms with Crippen molar-refractivity contribution < 1.29 is 5.11 Å². The van der Waals surface area contributed by atoms with Crippen molar-refractivity contribution in [1.29, 1.82) is 0 Å². The van der Waals surface area contributed by atoms with Gasteiger partial charge in [0.05, 0.1) is 6.10 Å². The topological polar surface area (TPSA) is 33.1 Å². The van der Waals surface area contributed by atoms with Crippen LogP contribution in [-0.4, -0.2) is 10.1 Å². The number of aliphatic hydroxyl groups excluding tert-OH is 1. The SMILES string of the molecule is OC(Cc1csc2ccccc12)c1cncc(Br)c1. The van der Waals surface area contributed by atoms with Crippen LogP contribution < -0.4 is 0 Å². The average Bonchev–Trinajstić information content (AvgIpc) is 2.82. The molecular weight excluding hydrogens is 322 g/mol. The molecule has 2 aromatic heterocycles. The number of thiophene rings is 1. The van der Waals surface area contributed by atoms with Crippen LogP contribution in [0, 0.1) is 0 Å². The highest BCUT2D eigenvalue weighted by Crippen LogP contribution is 2.29. The van der Waals surface area contributed by atoms with Crippen molar-refractivity contribution >= 4 is 37.4 Å². The van der Waals surface area contributed by atoms with Crippen molar-refractivity contribution in [2.45, 2.75) is 12.5 Å². The predicted octanol–water partition coefficient (Wildman–Crippen LogP) is 4.33. The average molecular weight is 334 g/mol. The van der Waals surface area contributed by atoms with E-state index >= 15 is 0 Å². The van der Waals surface area contributed by atoms with Gasteiger partial charge in [-0.25, -0.2) is 0 Å². The maximum absolute atomic E-state index is 10.3. The first-order chi connectivity index (χ1) is 9.24. The fourth-order valence-corrected chi connectivity index (χ4v) is 3.49. The summed E-state index contributed by atoms with van der Waals surface area (Å²) in [6, 6.07) is 10.2. The summed E-state index contributed by atoms with van der Waals surface area (Å²) >= 11 is 5.09. The van der Waals surface area contributed by atoms with Gasteiger partial charge in [-0.3, -0.25) is 4.98 Å². The van der Waals surface area contributed by atoms with E-state index in [1.807, 2.05) is 18.2 Å². The number of rotatable bonds is 3. The molecule has 0 radical (unpaired) electrons. The lowest BCUT2D eigenvalue weighted by atomic mass is 10.0. The molecule has 1 atom stereocenters. The number of nitrogens with zero attached hydrogens (tertiary/aromatic N) is 1. The molecule has 0 saturated carbocycles. The van der Waals surface area contributed by atoms with E-state index in [1.165, 1.54) is 15.6 Å². The predicted molar refractivity (Wildman–Crippen MR) is 82.4 cm³/mol. The smallest absolute Gasteiger partial charge is 0.0846 e. The molecule has 0 aliphatic heterocycles. The van der Waals surface area contributed by atoms with Crippen molar-refractivity contribution in [2.24, 2.45) is 0 Å². The van der Waals surface area contributed by atoms with E-state index in [2.05, 4.69) is 38.4 Å². The Balaban J connectivity index is 1.89. The zero-order chi connectivity index (χ0) is 13.2. The first kappa shape index (κ1) is 12.8. The second-order valence-corrected chi connectivity index (χ2v) is 6.24. The molecule has 19 heavy (non-hydrogen) atoms. The monoisotopic (exact) mass is 333 g/mol. The second kappa shape index (κ2) is 5.41. The largest absolute Gasteiger partial charge is 0.388 e. The molecule has 3 aromatic rings. The van der Waals surface area contributed by atoms with Crippen molar-refractivity contribution in [3.8, 4) is 0 Å². The Bertz CT molecular complexity index is 710. The van der Waals surface area contributed by atoms with Crippen LogP contribution in [0.3, 0.4) is 0 Å². The Morgan fingerprint density at radius 3 is 2.95 bits per heavy atom. The Labute approximate surface area is 123 Å². The maximum Gasteiger partial charge on any atom is 0.0846 e. The van der Waals surface area contributed by atoms with Crippen molar-refractivity contribution in [1.82, 2.24) is 4.98 Å². The third-order valence-corrected chi connectivity index (χ3v) is 4.53. The van der Waals surface area contributed by atoms with Crippen molar-refractivity contribution in [3.05, 3.63) is 63.7 Å². The molecule has 1 aromatic carbocycles. The summed E-state index contributed by atoms with van der Waals surface area (Å²) in [5.74, 6) is 0. The van der Waals surface area contributed by atoms with E-state index < -0.39 is 6.10 Å². The third kappa shape index (κ3) is 2.71. The van der Waals surface area contributed by atoms with Gasteiger partial charge >= 0.3 is 0 Å². The van der Waals surface area contributed by atoms with Gasteiger partial charge < -0.3 is 5.11 Å². The van der Waals surface area contributed by atoms with E-state index in [9.17, 15) is 5.11 Å². The van der Waals surface area contributed by atoms with Gasteiger partial charge in [-0.2, -0.15) is 0 Å². The van der Waals surface area contributed by atoms with Gasteiger partial charge in [-0.05, 0) is 44.4 Å². The minimum atomic E-state index is -0.525. The van der Waals surface area contributed by atoms with E-state index in [0.717, 1.165) is 10.0 Å². The maximum atomic E-state index is 10.3. The number of hydrogen-bond donors (Lipinski definition) is 1. The molecule has 1 N–H and O–H groups in total. The number of aliphatic hydroxyl groups is 1. The normalized spacial score (nSPS) is 12.7. The van der Waals surface area contributed by atoms with Crippen LogP contribution in [0.15, 0.2) is 52.6 Å². The zero-order valence-corrected chi connectivity index (χ0v) is 12.5. The number of aromatic nitrogens is 1. The Morgan fingerprint density at radius 2 is 2.11 bits per heavy atom.